The van der Waals surface area contributed by atoms with Gasteiger partial charge >= 0.3 is 6.09 Å². The second-order valence-corrected chi connectivity index (χ2v) is 5.48. The lowest BCUT2D eigenvalue weighted by atomic mass is 10.2. The molecule has 112 valence electrons. The Morgan fingerprint density at radius 2 is 1.90 bits per heavy atom. The Labute approximate surface area is 120 Å². The average molecular weight is 280 g/mol. The molecule has 0 atom stereocenters. The molecular formula is C15H24N2O3. The van der Waals surface area contributed by atoms with Crippen LogP contribution in [0.1, 0.15) is 27.7 Å². The smallest absolute Gasteiger partial charge is 0.412 e. The summed E-state index contributed by atoms with van der Waals surface area (Å²) in [6.07, 6.45) is -0.465. The van der Waals surface area contributed by atoms with Crippen LogP contribution in [-0.2, 0) is 4.74 Å². The number of anilines is 2. The fourth-order valence-electron chi connectivity index (χ4n) is 1.77. The molecule has 5 nitrogen and oxygen atoms in total. The van der Waals surface area contributed by atoms with Crippen molar-refractivity contribution in [1.82, 2.24) is 0 Å². The number of carbonyl (C=O) groups excluding carboxylic acids is 1. The fourth-order valence-corrected chi connectivity index (χ4v) is 1.77. The normalized spacial score (nSPS) is 11.1. The summed E-state index contributed by atoms with van der Waals surface area (Å²) in [5, 5.41) is 11.7. The van der Waals surface area contributed by atoms with E-state index in [1.54, 1.807) is 0 Å². The predicted molar refractivity (Wildman–Crippen MR) is 81.3 cm³/mol. The minimum Gasteiger partial charge on any atom is -0.444 e. The molecule has 0 heterocycles. The Hall–Kier alpha value is -1.75. The highest BCUT2D eigenvalue weighted by atomic mass is 16.6. The highest BCUT2D eigenvalue weighted by molar-refractivity contribution is 5.85. The second-order valence-electron chi connectivity index (χ2n) is 5.48. The molecule has 2 N–H and O–H groups in total. The first-order chi connectivity index (χ1) is 9.35. The molecule has 0 radical (unpaired) electrons. The van der Waals surface area contributed by atoms with Crippen LogP contribution in [-0.4, -0.2) is 36.5 Å². The standard InChI is InChI=1S/C15H24N2O3/c1-5-17(10-11-18)13-8-6-12(7-9-13)16-14(19)20-15(2,3)4/h6-9,18H,5,10-11H2,1-4H3,(H,16,19). The lowest BCUT2D eigenvalue weighted by molar-refractivity contribution is 0.0636. The molecule has 0 aliphatic heterocycles. The highest BCUT2D eigenvalue weighted by Gasteiger charge is 2.16. The lowest BCUT2D eigenvalue weighted by Gasteiger charge is -2.22. The summed E-state index contributed by atoms with van der Waals surface area (Å²) in [5.74, 6) is 0. The van der Waals surface area contributed by atoms with E-state index in [9.17, 15) is 4.79 Å². The molecule has 1 aromatic rings. The van der Waals surface area contributed by atoms with Gasteiger partial charge in [0.15, 0.2) is 0 Å². The van der Waals surface area contributed by atoms with E-state index >= 15 is 0 Å². The molecule has 1 amide bonds. The third-order valence-electron chi connectivity index (χ3n) is 2.63. The Bertz CT molecular complexity index is 424. The molecule has 0 aromatic heterocycles. The van der Waals surface area contributed by atoms with Crippen LogP contribution in [0.5, 0.6) is 0 Å². The van der Waals surface area contributed by atoms with Crippen molar-refractivity contribution in [3.05, 3.63) is 24.3 Å². The molecule has 1 aromatic carbocycles. The summed E-state index contributed by atoms with van der Waals surface area (Å²) >= 11 is 0. The van der Waals surface area contributed by atoms with Crippen LogP contribution in [0.15, 0.2) is 24.3 Å². The van der Waals surface area contributed by atoms with Crippen molar-refractivity contribution in [2.75, 3.05) is 29.9 Å². The average Bonchev–Trinajstić information content (AvgIpc) is 2.34. The van der Waals surface area contributed by atoms with E-state index in [1.165, 1.54) is 0 Å². The summed E-state index contributed by atoms with van der Waals surface area (Å²) in [7, 11) is 0. The van der Waals surface area contributed by atoms with Crippen molar-refractivity contribution in [1.29, 1.82) is 0 Å². The molecule has 1 rings (SSSR count). The maximum atomic E-state index is 11.6. The Balaban J connectivity index is 2.64. The van der Waals surface area contributed by atoms with Crippen LogP contribution in [0.25, 0.3) is 0 Å². The molecule has 0 unspecified atom stereocenters. The minimum absolute atomic E-state index is 0.117. The summed E-state index contributed by atoms with van der Waals surface area (Å²) in [4.78, 5) is 13.7. The zero-order chi connectivity index (χ0) is 15.2. The Kier molecular flexibility index (Phi) is 5.82. The van der Waals surface area contributed by atoms with Gasteiger partial charge in [0.05, 0.1) is 6.61 Å². The number of nitrogens with zero attached hydrogens (tertiary/aromatic N) is 1. The van der Waals surface area contributed by atoms with Crippen molar-refractivity contribution in [2.24, 2.45) is 0 Å². The van der Waals surface area contributed by atoms with Gasteiger partial charge in [0.1, 0.15) is 5.60 Å². The van der Waals surface area contributed by atoms with Crippen LogP contribution in [0.4, 0.5) is 16.2 Å². The number of rotatable bonds is 5. The van der Waals surface area contributed by atoms with Gasteiger partial charge in [-0.3, -0.25) is 5.32 Å². The molecule has 0 spiro atoms. The quantitative estimate of drug-likeness (QED) is 0.870. The molecule has 0 aliphatic carbocycles. The molecule has 0 aliphatic rings. The highest BCUT2D eigenvalue weighted by Crippen LogP contribution is 2.18. The van der Waals surface area contributed by atoms with E-state index in [0.717, 1.165) is 12.2 Å². The maximum Gasteiger partial charge on any atom is 0.412 e. The van der Waals surface area contributed by atoms with Crippen molar-refractivity contribution in [3.8, 4) is 0 Å². The number of hydrogen-bond acceptors (Lipinski definition) is 4. The minimum atomic E-state index is -0.510. The molecule has 20 heavy (non-hydrogen) atoms. The topological polar surface area (TPSA) is 61.8 Å². The van der Waals surface area contributed by atoms with Crippen molar-refractivity contribution in [2.45, 2.75) is 33.3 Å². The van der Waals surface area contributed by atoms with Gasteiger partial charge in [0.25, 0.3) is 0 Å². The molecule has 5 heteroatoms. The van der Waals surface area contributed by atoms with Crippen molar-refractivity contribution >= 4 is 17.5 Å². The number of benzene rings is 1. The van der Waals surface area contributed by atoms with E-state index in [4.69, 9.17) is 9.84 Å². The molecular weight excluding hydrogens is 256 g/mol. The second kappa shape index (κ2) is 7.14. The van der Waals surface area contributed by atoms with Gasteiger partial charge in [-0.15, -0.1) is 0 Å². The van der Waals surface area contributed by atoms with E-state index in [1.807, 2.05) is 52.0 Å². The van der Waals surface area contributed by atoms with Crippen LogP contribution in [0, 0.1) is 0 Å². The van der Waals surface area contributed by atoms with E-state index < -0.39 is 11.7 Å². The van der Waals surface area contributed by atoms with Crippen LogP contribution >= 0.6 is 0 Å². The number of nitrogens with one attached hydrogen (secondary N) is 1. The molecule has 0 bridgehead atoms. The Morgan fingerprint density at radius 1 is 1.30 bits per heavy atom. The number of aliphatic hydroxyl groups excluding tert-OH is 1. The first kappa shape index (κ1) is 16.3. The van der Waals surface area contributed by atoms with Gasteiger partial charge in [-0.25, -0.2) is 4.79 Å². The number of carbonyl (C=O) groups is 1. The summed E-state index contributed by atoms with van der Waals surface area (Å²) in [6, 6.07) is 7.45. The van der Waals surface area contributed by atoms with Gasteiger partial charge in [0.2, 0.25) is 0 Å². The van der Waals surface area contributed by atoms with Crippen molar-refractivity contribution in [3.63, 3.8) is 0 Å². The monoisotopic (exact) mass is 280 g/mol. The first-order valence-corrected chi connectivity index (χ1v) is 6.81. The summed E-state index contributed by atoms with van der Waals surface area (Å²) in [5.41, 5.74) is 1.18. The predicted octanol–water partition coefficient (Wildman–Crippen LogP) is 2.85. The van der Waals surface area contributed by atoms with Gasteiger partial charge in [-0.05, 0) is 52.0 Å². The molecule has 0 saturated heterocycles. The number of amides is 1. The van der Waals surface area contributed by atoms with Crippen molar-refractivity contribution < 1.29 is 14.6 Å². The van der Waals surface area contributed by atoms with Gasteiger partial charge < -0.3 is 14.7 Å². The summed E-state index contributed by atoms with van der Waals surface area (Å²) in [6.45, 7) is 9.03. The number of ether oxygens (including phenoxy) is 1. The maximum absolute atomic E-state index is 11.6. The summed E-state index contributed by atoms with van der Waals surface area (Å²) < 4.78 is 5.19. The molecule has 0 saturated carbocycles. The largest absolute Gasteiger partial charge is 0.444 e. The third kappa shape index (κ3) is 5.48. The van der Waals surface area contributed by atoms with E-state index in [-0.39, 0.29) is 6.61 Å². The zero-order valence-electron chi connectivity index (χ0n) is 12.6. The third-order valence-corrected chi connectivity index (χ3v) is 2.63. The SMILES string of the molecule is CCN(CCO)c1ccc(NC(=O)OC(C)(C)C)cc1. The van der Waals surface area contributed by atoms with E-state index in [0.29, 0.717) is 12.2 Å². The number of hydrogen-bond donors (Lipinski definition) is 2. The number of likely N-dealkylation sites (N-methyl/N-ethyl adjacent to an activating group) is 1. The molecule has 0 fully saturated rings. The Morgan fingerprint density at radius 3 is 2.35 bits per heavy atom. The zero-order valence-corrected chi connectivity index (χ0v) is 12.6. The fraction of sp³-hybridized carbons (Fsp3) is 0.533. The first-order valence-electron chi connectivity index (χ1n) is 6.81. The van der Waals surface area contributed by atoms with Gasteiger partial charge in [-0.2, -0.15) is 0 Å². The van der Waals surface area contributed by atoms with Gasteiger partial charge in [-0.1, -0.05) is 0 Å². The van der Waals surface area contributed by atoms with E-state index in [2.05, 4.69) is 10.2 Å². The van der Waals surface area contributed by atoms with Crippen LogP contribution in [0.3, 0.4) is 0 Å². The number of aliphatic hydroxyl groups is 1. The van der Waals surface area contributed by atoms with Crippen LogP contribution < -0.4 is 10.2 Å². The van der Waals surface area contributed by atoms with Gasteiger partial charge in [0, 0.05) is 24.5 Å². The lowest BCUT2D eigenvalue weighted by Crippen LogP contribution is -2.27. The van der Waals surface area contributed by atoms with Crippen LogP contribution in [0.2, 0.25) is 0 Å².